The molecule has 2 heterocycles. The molecule has 3 aromatic rings. The van der Waals surface area contributed by atoms with Gasteiger partial charge in [-0.25, -0.2) is 16.8 Å². The molecule has 3 aliphatic rings. The number of sulfone groups is 2. The summed E-state index contributed by atoms with van der Waals surface area (Å²) in [5, 5.41) is -3.70. The normalized spacial score (nSPS) is 24.7. The molecule has 6 rings (SSSR count). The van der Waals surface area contributed by atoms with Gasteiger partial charge in [0, 0.05) is 17.1 Å². The molecule has 5 nitrogen and oxygen atoms in total. The maximum atomic E-state index is 13.5. The monoisotopic (exact) mass is 481 g/mol. The molecule has 0 spiro atoms. The van der Waals surface area contributed by atoms with Crippen LogP contribution in [0.2, 0.25) is 0 Å². The molecule has 164 valence electrons. The Kier molecular flexibility index (Phi) is 4.42. The maximum absolute atomic E-state index is 13.5. The zero-order valence-electron chi connectivity index (χ0n) is 17.9. The average Bonchev–Trinajstić information content (AvgIpc) is 2.83. The van der Waals surface area contributed by atoms with Gasteiger partial charge >= 0.3 is 0 Å². The lowest BCUT2D eigenvalue weighted by Gasteiger charge is -2.44. The fourth-order valence-corrected chi connectivity index (χ4v) is 9.99. The van der Waals surface area contributed by atoms with Gasteiger partial charge in [-0.15, -0.1) is 0 Å². The molecule has 0 N–H and O–H groups in total. The first-order valence-electron chi connectivity index (χ1n) is 10.7. The van der Waals surface area contributed by atoms with Gasteiger partial charge in [0.25, 0.3) is 0 Å². The number of hydrogen-bond acceptors (Lipinski definition) is 5. The molecule has 3 aromatic carbocycles. The third-order valence-electron chi connectivity index (χ3n) is 6.73. The molecule has 2 atom stereocenters. The highest BCUT2D eigenvalue weighted by Crippen LogP contribution is 2.49. The quantitative estimate of drug-likeness (QED) is 0.500. The van der Waals surface area contributed by atoms with E-state index >= 15 is 0 Å². The van der Waals surface area contributed by atoms with Crippen molar-refractivity contribution in [3.63, 3.8) is 0 Å². The van der Waals surface area contributed by atoms with Gasteiger partial charge in [0.15, 0.2) is 19.7 Å². The van der Waals surface area contributed by atoms with Crippen LogP contribution in [0.1, 0.15) is 11.1 Å². The maximum Gasteiger partial charge on any atom is 0.187 e. The molecule has 4 radical (unpaired) electrons. The number of allylic oxidation sites excluding steroid dienone is 1. The molecule has 0 amide bonds. The second kappa shape index (κ2) is 6.99. The van der Waals surface area contributed by atoms with E-state index in [1.54, 1.807) is 6.08 Å². The topological polar surface area (TPSA) is 71.5 Å². The molecule has 9 heteroatoms. The van der Waals surface area contributed by atoms with Crippen LogP contribution in [0, 0.1) is 0 Å². The van der Waals surface area contributed by atoms with Crippen LogP contribution in [0.25, 0.3) is 0 Å². The molecule has 1 aliphatic carbocycles. The predicted molar refractivity (Wildman–Crippen MR) is 133 cm³/mol. The van der Waals surface area contributed by atoms with E-state index in [1.165, 1.54) is 36.4 Å². The summed E-state index contributed by atoms with van der Waals surface area (Å²) in [6.07, 6.45) is 4.66. The van der Waals surface area contributed by atoms with E-state index in [1.807, 2.05) is 53.4 Å². The first-order chi connectivity index (χ1) is 16.1. The smallest absolute Gasteiger partial charge is 0.187 e. The third kappa shape index (κ3) is 2.74. The van der Waals surface area contributed by atoms with Crippen LogP contribution in [0.4, 0.5) is 11.4 Å². The summed E-state index contributed by atoms with van der Waals surface area (Å²) in [5.41, 5.74) is 3.30. The van der Waals surface area contributed by atoms with Gasteiger partial charge in [-0.05, 0) is 52.8 Å². The zero-order chi connectivity index (χ0) is 23.9. The number of rotatable bonds is 1. The molecule has 2 unspecified atom stereocenters. The van der Waals surface area contributed by atoms with E-state index in [-0.39, 0.29) is 9.79 Å². The number of fused-ring (bicyclic) bond motifs is 4. The molecular formula is C25H17B2NO4S2. The van der Waals surface area contributed by atoms with Crippen molar-refractivity contribution in [2.45, 2.75) is 25.5 Å². The predicted octanol–water partition coefficient (Wildman–Crippen LogP) is 3.13. The van der Waals surface area contributed by atoms with Gasteiger partial charge in [0.05, 0.1) is 25.5 Å². The van der Waals surface area contributed by atoms with E-state index in [0.717, 1.165) is 0 Å². The van der Waals surface area contributed by atoms with E-state index in [4.69, 9.17) is 15.7 Å². The molecule has 0 fully saturated rings. The largest absolute Gasteiger partial charge is 0.310 e. The molecule has 0 bridgehead atoms. The van der Waals surface area contributed by atoms with Crippen molar-refractivity contribution in [3.05, 3.63) is 108 Å². The fourth-order valence-electron chi connectivity index (χ4n) is 5.12. The Morgan fingerprint density at radius 3 is 1.71 bits per heavy atom. The average molecular weight is 481 g/mol. The van der Waals surface area contributed by atoms with Crippen LogP contribution < -0.4 is 4.90 Å². The van der Waals surface area contributed by atoms with Crippen LogP contribution in [-0.2, 0) is 24.9 Å². The Morgan fingerprint density at radius 2 is 1.15 bits per heavy atom. The van der Waals surface area contributed by atoms with Gasteiger partial charge < -0.3 is 4.90 Å². The van der Waals surface area contributed by atoms with Crippen molar-refractivity contribution >= 4 is 46.7 Å². The third-order valence-corrected chi connectivity index (χ3v) is 11.3. The highest BCUT2D eigenvalue weighted by molar-refractivity contribution is 7.99. The zero-order valence-corrected chi connectivity index (χ0v) is 19.5. The standard InChI is InChI=1S/C25H17B2NO4S2/c26-25(27)17-7-1-3-9-19(17)28(20-10-4-2-8-18(20)25)16-13-14-23-24(15-16)34(31,32)22-12-6-5-11-21(22)33(23,29)30/h1-15,23-24H. The Bertz CT molecular complexity index is 1590. The molecular weight excluding hydrogens is 464 g/mol. The number of para-hydroxylation sites is 2. The Hall–Kier alpha value is -3.03. The van der Waals surface area contributed by atoms with Gasteiger partial charge in [0.1, 0.15) is 10.5 Å². The summed E-state index contributed by atoms with van der Waals surface area (Å²) in [4.78, 5) is 1.57. The van der Waals surface area contributed by atoms with Crippen LogP contribution in [0.15, 0.2) is 107 Å². The first-order valence-corrected chi connectivity index (χ1v) is 13.8. The van der Waals surface area contributed by atoms with Crippen LogP contribution in [0.3, 0.4) is 0 Å². The summed E-state index contributed by atoms with van der Waals surface area (Å²) in [5.74, 6) is 0. The van der Waals surface area contributed by atoms with Crippen LogP contribution >= 0.6 is 0 Å². The lowest BCUT2D eigenvalue weighted by atomic mass is 9.46. The number of nitrogens with zero attached hydrogens (tertiary/aromatic N) is 1. The minimum absolute atomic E-state index is 0.150. The lowest BCUT2D eigenvalue weighted by molar-refractivity contribution is 0.559. The molecule has 0 saturated carbocycles. The summed E-state index contributed by atoms with van der Waals surface area (Å²) in [7, 11) is 5.32. The van der Waals surface area contributed by atoms with E-state index < -0.39 is 35.4 Å². The minimum atomic E-state index is -3.95. The van der Waals surface area contributed by atoms with Crippen molar-refractivity contribution < 1.29 is 16.8 Å². The number of benzene rings is 3. The van der Waals surface area contributed by atoms with Gasteiger partial charge in [0.2, 0.25) is 0 Å². The lowest BCUT2D eigenvalue weighted by Crippen LogP contribution is -2.45. The number of hydrogen-bond donors (Lipinski definition) is 0. The van der Waals surface area contributed by atoms with Crippen molar-refractivity contribution in [1.82, 2.24) is 0 Å². The van der Waals surface area contributed by atoms with E-state index in [2.05, 4.69) is 0 Å². The summed E-state index contributed by atoms with van der Waals surface area (Å²) in [6, 6.07) is 20.6. The van der Waals surface area contributed by atoms with Crippen LogP contribution in [-0.4, -0.2) is 43.0 Å². The second-order valence-corrected chi connectivity index (χ2v) is 12.8. The van der Waals surface area contributed by atoms with E-state index in [9.17, 15) is 16.8 Å². The summed E-state index contributed by atoms with van der Waals surface area (Å²) >= 11 is 0. The van der Waals surface area contributed by atoms with Gasteiger partial charge in [-0.1, -0.05) is 54.6 Å². The van der Waals surface area contributed by atoms with Gasteiger partial charge in [-0.2, -0.15) is 0 Å². The second-order valence-electron chi connectivity index (χ2n) is 8.66. The van der Waals surface area contributed by atoms with Crippen LogP contribution in [0.5, 0.6) is 0 Å². The Labute approximate surface area is 201 Å². The molecule has 34 heavy (non-hydrogen) atoms. The van der Waals surface area contributed by atoms with Crippen molar-refractivity contribution in [3.8, 4) is 0 Å². The van der Waals surface area contributed by atoms with E-state index in [0.29, 0.717) is 28.2 Å². The Morgan fingerprint density at radius 1 is 0.676 bits per heavy atom. The Balaban J connectivity index is 1.58. The highest BCUT2D eigenvalue weighted by atomic mass is 32.2. The molecule has 0 aromatic heterocycles. The van der Waals surface area contributed by atoms with Gasteiger partial charge in [-0.3, -0.25) is 0 Å². The number of anilines is 2. The minimum Gasteiger partial charge on any atom is -0.310 e. The highest BCUT2D eigenvalue weighted by Gasteiger charge is 2.49. The van der Waals surface area contributed by atoms with Crippen molar-refractivity contribution in [2.24, 2.45) is 0 Å². The van der Waals surface area contributed by atoms with Crippen molar-refractivity contribution in [2.75, 3.05) is 4.90 Å². The molecule has 2 aliphatic heterocycles. The summed E-state index contributed by atoms with van der Waals surface area (Å²) < 4.78 is 53.7. The van der Waals surface area contributed by atoms with Crippen molar-refractivity contribution in [1.29, 1.82) is 0 Å². The first kappa shape index (κ1) is 21.5. The summed E-state index contributed by atoms with van der Waals surface area (Å²) in [6.45, 7) is 0. The molecule has 0 saturated heterocycles. The fraction of sp³-hybridized carbons (Fsp3) is 0.120. The SMILES string of the molecule is [B]C1([B])c2ccccc2N(C2=CC3C(C=C2)S(=O)(=O)c2ccccc2S3(=O)=O)c2ccccc21.